The number of halogens is 3. The molecule has 0 saturated heterocycles. The summed E-state index contributed by atoms with van der Waals surface area (Å²) in [5.41, 5.74) is 1.45. The van der Waals surface area contributed by atoms with E-state index in [-0.39, 0.29) is 12.0 Å². The van der Waals surface area contributed by atoms with Crippen LogP contribution in [-0.2, 0) is 10.2 Å². The number of amides is 1. The molecule has 5 heteroatoms. The molecule has 0 unspecified atom stereocenters. The highest BCUT2D eigenvalue weighted by Crippen LogP contribution is 2.29. The molecule has 0 radical (unpaired) electrons. The predicted molar refractivity (Wildman–Crippen MR) is 81.6 cm³/mol. The number of carbonyl (C=O) groups is 1. The van der Waals surface area contributed by atoms with E-state index in [0.717, 1.165) is 10.5 Å². The molecule has 0 aliphatic heterocycles. The number of nitrogens with zero attached hydrogens (tertiary/aromatic N) is 1. The second-order valence-electron chi connectivity index (χ2n) is 5.50. The van der Waals surface area contributed by atoms with Crippen LogP contribution < -0.4 is 4.90 Å². The van der Waals surface area contributed by atoms with Crippen molar-refractivity contribution in [2.24, 2.45) is 0 Å². The van der Waals surface area contributed by atoms with Gasteiger partial charge < -0.3 is 4.90 Å². The summed E-state index contributed by atoms with van der Waals surface area (Å²) in [5.74, 6) is -1.30. The zero-order valence-electron chi connectivity index (χ0n) is 11.8. The minimum absolute atomic E-state index is 0.0227. The normalized spacial score (nSPS) is 12.1. The maximum Gasteiger partial charge on any atom is 0.378 e. The van der Waals surface area contributed by atoms with Gasteiger partial charge in [-0.2, -0.15) is 8.78 Å². The average molecular weight is 346 g/mol. The van der Waals surface area contributed by atoms with Crippen molar-refractivity contribution in [3.05, 3.63) is 42.5 Å². The topological polar surface area (TPSA) is 20.3 Å². The molecule has 110 valence electrons. The van der Waals surface area contributed by atoms with Gasteiger partial charge in [0.2, 0.25) is 0 Å². The number of hydrogen-bond acceptors (Lipinski definition) is 1. The molecule has 0 spiro atoms. The summed E-state index contributed by atoms with van der Waals surface area (Å²) >= 11 is 2.10. The van der Waals surface area contributed by atoms with Crippen molar-refractivity contribution in [3.63, 3.8) is 0 Å². The van der Waals surface area contributed by atoms with Gasteiger partial charge in [0.1, 0.15) is 0 Å². The Labute approximate surface area is 126 Å². The molecule has 2 nitrogen and oxygen atoms in total. The Morgan fingerprint density at radius 3 is 2.15 bits per heavy atom. The van der Waals surface area contributed by atoms with Crippen molar-refractivity contribution in [3.8, 4) is 0 Å². The monoisotopic (exact) mass is 345 g/mol. The van der Waals surface area contributed by atoms with Gasteiger partial charge in [0.15, 0.2) is 0 Å². The van der Waals surface area contributed by atoms with Gasteiger partial charge in [-0.15, -0.1) is 6.58 Å². The molecular weight excluding hydrogens is 328 g/mol. The van der Waals surface area contributed by atoms with Crippen molar-refractivity contribution in [2.75, 3.05) is 11.4 Å². The first-order chi connectivity index (χ1) is 9.07. The summed E-state index contributed by atoms with van der Waals surface area (Å²) in [5, 5.41) is 0. The van der Waals surface area contributed by atoms with Crippen molar-refractivity contribution in [2.45, 2.75) is 31.0 Å². The van der Waals surface area contributed by atoms with E-state index in [4.69, 9.17) is 0 Å². The van der Waals surface area contributed by atoms with Gasteiger partial charge in [0, 0.05) is 28.2 Å². The zero-order valence-corrected chi connectivity index (χ0v) is 13.4. The highest BCUT2D eigenvalue weighted by atomic mass is 79.9. The van der Waals surface area contributed by atoms with Crippen LogP contribution in [0.4, 0.5) is 14.5 Å². The van der Waals surface area contributed by atoms with Crippen LogP contribution in [0.15, 0.2) is 36.9 Å². The van der Waals surface area contributed by atoms with Gasteiger partial charge in [-0.25, -0.2) is 0 Å². The molecule has 1 aromatic rings. The average Bonchev–Trinajstić information content (AvgIpc) is 2.33. The first kappa shape index (κ1) is 16.8. The fourth-order valence-electron chi connectivity index (χ4n) is 1.73. The van der Waals surface area contributed by atoms with Crippen LogP contribution >= 0.6 is 15.9 Å². The van der Waals surface area contributed by atoms with Gasteiger partial charge in [-0.3, -0.25) is 4.79 Å². The summed E-state index contributed by atoms with van der Waals surface area (Å²) in [6.07, 6.45) is 1.41. The Balaban J connectivity index is 3.11. The number of benzene rings is 1. The van der Waals surface area contributed by atoms with Crippen LogP contribution in [0.3, 0.4) is 0 Å². The molecule has 0 saturated carbocycles. The zero-order chi connectivity index (χ0) is 15.6. The van der Waals surface area contributed by atoms with Gasteiger partial charge in [0.05, 0.1) is 0 Å². The van der Waals surface area contributed by atoms with Crippen LogP contribution in [0.25, 0.3) is 0 Å². The summed E-state index contributed by atoms with van der Waals surface area (Å²) < 4.78 is 26.3. The molecule has 1 aromatic carbocycles. The minimum atomic E-state index is -3.58. The van der Waals surface area contributed by atoms with Crippen molar-refractivity contribution in [1.82, 2.24) is 0 Å². The molecule has 1 rings (SSSR count). The van der Waals surface area contributed by atoms with Crippen LogP contribution in [-0.4, -0.2) is 17.3 Å². The number of carbonyl (C=O) groups excluding carboxylic acids is 1. The smallest absolute Gasteiger partial charge is 0.303 e. The minimum Gasteiger partial charge on any atom is -0.303 e. The highest BCUT2D eigenvalue weighted by molar-refractivity contribution is 9.10. The Kier molecular flexibility index (Phi) is 5.08. The van der Waals surface area contributed by atoms with Crippen LogP contribution in [0.2, 0.25) is 0 Å². The second-order valence-corrected chi connectivity index (χ2v) is 6.50. The molecule has 0 N–H and O–H groups in total. The Hall–Kier alpha value is -1.23. The summed E-state index contributed by atoms with van der Waals surface area (Å²) in [7, 11) is 0. The quantitative estimate of drug-likeness (QED) is 0.581. The van der Waals surface area contributed by atoms with E-state index in [0.29, 0.717) is 5.69 Å². The number of alkyl halides is 3. The summed E-state index contributed by atoms with van der Waals surface area (Å²) in [4.78, 5) is 9.13. The number of anilines is 1. The summed E-state index contributed by atoms with van der Waals surface area (Å²) in [6, 6.07) is 7.01. The molecule has 20 heavy (non-hydrogen) atoms. The van der Waals surface area contributed by atoms with E-state index >= 15 is 0 Å². The maximum atomic E-state index is 13.1. The van der Waals surface area contributed by atoms with E-state index in [1.165, 1.54) is 6.08 Å². The van der Waals surface area contributed by atoms with Crippen molar-refractivity contribution >= 4 is 27.5 Å². The third-order valence-corrected chi connectivity index (χ3v) is 3.18. The fraction of sp³-hybridized carbons (Fsp3) is 0.400. The Morgan fingerprint density at radius 1 is 1.30 bits per heavy atom. The van der Waals surface area contributed by atoms with Crippen molar-refractivity contribution in [1.29, 1.82) is 0 Å². The van der Waals surface area contributed by atoms with Gasteiger partial charge in [-0.05, 0) is 23.1 Å². The summed E-state index contributed by atoms with van der Waals surface area (Å²) in [6.45, 7) is 9.69. The third kappa shape index (κ3) is 4.13. The lowest BCUT2D eigenvalue weighted by atomic mass is 9.87. The van der Waals surface area contributed by atoms with E-state index in [2.05, 4.69) is 43.3 Å². The Bertz CT molecular complexity index is 486. The van der Waals surface area contributed by atoms with E-state index in [1.807, 2.05) is 12.1 Å². The third-order valence-electron chi connectivity index (χ3n) is 2.84. The molecular formula is C15H18BrF2NO. The van der Waals surface area contributed by atoms with E-state index in [9.17, 15) is 13.6 Å². The number of rotatable bonds is 4. The lowest BCUT2D eigenvalue weighted by Crippen LogP contribution is -2.40. The molecule has 0 fully saturated rings. The molecule has 0 aromatic heterocycles. The van der Waals surface area contributed by atoms with Crippen LogP contribution in [0, 0.1) is 0 Å². The number of hydrogen-bond donors (Lipinski definition) is 0. The molecule has 0 aliphatic carbocycles. The predicted octanol–water partition coefficient (Wildman–Crippen LogP) is 4.49. The van der Waals surface area contributed by atoms with E-state index in [1.54, 1.807) is 12.1 Å². The van der Waals surface area contributed by atoms with E-state index < -0.39 is 10.7 Å². The first-order valence-corrected chi connectivity index (χ1v) is 6.97. The molecule has 0 atom stereocenters. The highest BCUT2D eigenvalue weighted by Gasteiger charge is 2.39. The SMILES string of the molecule is C=CCN(C(=O)C(F)(F)Br)c1ccc(C(C)(C)C)cc1. The van der Waals surface area contributed by atoms with Crippen molar-refractivity contribution < 1.29 is 13.6 Å². The molecule has 0 heterocycles. The van der Waals surface area contributed by atoms with Gasteiger partial charge >= 0.3 is 10.7 Å². The second kappa shape index (κ2) is 6.04. The lowest BCUT2D eigenvalue weighted by Gasteiger charge is -2.25. The van der Waals surface area contributed by atoms with Gasteiger partial charge in [-0.1, -0.05) is 39.0 Å². The first-order valence-electron chi connectivity index (χ1n) is 6.17. The van der Waals surface area contributed by atoms with Gasteiger partial charge in [0.25, 0.3) is 0 Å². The molecule has 0 aliphatic rings. The maximum absolute atomic E-state index is 13.1. The van der Waals surface area contributed by atoms with Crippen LogP contribution in [0.1, 0.15) is 26.3 Å². The lowest BCUT2D eigenvalue weighted by molar-refractivity contribution is -0.131. The standard InChI is InChI=1S/C15H18BrF2NO/c1-5-10-19(13(20)15(16,17)18)12-8-6-11(7-9-12)14(2,3)4/h5-9H,1,10H2,2-4H3. The largest absolute Gasteiger partial charge is 0.378 e. The fourth-order valence-corrected chi connectivity index (χ4v) is 1.94. The van der Waals surface area contributed by atoms with Crippen LogP contribution in [0.5, 0.6) is 0 Å². The molecule has 1 amide bonds. The molecule has 0 bridgehead atoms. The Morgan fingerprint density at radius 2 is 1.80 bits per heavy atom.